The largest absolute Gasteiger partial charge is 0.324 e. The van der Waals surface area contributed by atoms with Gasteiger partial charge in [0.15, 0.2) is 0 Å². The Labute approximate surface area is 113 Å². The first-order chi connectivity index (χ1) is 8.49. The minimum atomic E-state index is 0.133. The lowest BCUT2D eigenvalue weighted by Gasteiger charge is -2.10. The van der Waals surface area contributed by atoms with Crippen LogP contribution < -0.4 is 5.73 Å². The van der Waals surface area contributed by atoms with Gasteiger partial charge in [0, 0.05) is 23.7 Å². The first-order valence-corrected chi connectivity index (χ1v) is 7.16. The zero-order valence-electron chi connectivity index (χ0n) is 11.5. The topological polar surface area (TPSA) is 43.8 Å². The van der Waals surface area contributed by atoms with Crippen LogP contribution in [0.3, 0.4) is 0 Å². The number of aryl methyl sites for hydroxylation is 3. The summed E-state index contributed by atoms with van der Waals surface area (Å²) in [5.74, 6) is 0. The summed E-state index contributed by atoms with van der Waals surface area (Å²) >= 11 is 1.77. The standard InChI is InChI=1S/C14H21N3S/c1-9-7-12(8-18-9)14(15)6-5-13-10(2)16-17(4)11(13)3/h7-8,14H,5-6,15H2,1-4H3. The average Bonchev–Trinajstić information content (AvgIpc) is 2.83. The highest BCUT2D eigenvalue weighted by molar-refractivity contribution is 7.10. The number of aromatic nitrogens is 2. The molecule has 0 fully saturated rings. The van der Waals surface area contributed by atoms with E-state index in [1.165, 1.54) is 21.7 Å². The molecule has 1 unspecified atom stereocenters. The van der Waals surface area contributed by atoms with Crippen LogP contribution in [0.5, 0.6) is 0 Å². The molecule has 0 spiro atoms. The summed E-state index contributed by atoms with van der Waals surface area (Å²) in [5.41, 5.74) is 11.2. The Balaban J connectivity index is 2.03. The van der Waals surface area contributed by atoms with Gasteiger partial charge in [0.05, 0.1) is 5.69 Å². The van der Waals surface area contributed by atoms with Crippen LogP contribution in [0.1, 0.15) is 39.9 Å². The average molecular weight is 263 g/mol. The van der Waals surface area contributed by atoms with Crippen molar-refractivity contribution in [2.45, 2.75) is 39.7 Å². The van der Waals surface area contributed by atoms with E-state index in [2.05, 4.69) is 37.3 Å². The van der Waals surface area contributed by atoms with Crippen LogP contribution in [0.25, 0.3) is 0 Å². The van der Waals surface area contributed by atoms with Crippen LogP contribution in [0.15, 0.2) is 11.4 Å². The fourth-order valence-electron chi connectivity index (χ4n) is 2.30. The predicted molar refractivity (Wildman–Crippen MR) is 77.0 cm³/mol. The van der Waals surface area contributed by atoms with E-state index in [0.717, 1.165) is 18.5 Å². The summed E-state index contributed by atoms with van der Waals surface area (Å²) in [7, 11) is 1.99. The molecule has 0 aliphatic rings. The van der Waals surface area contributed by atoms with Crippen molar-refractivity contribution in [1.29, 1.82) is 0 Å². The molecule has 2 aromatic heterocycles. The number of nitrogens with zero attached hydrogens (tertiary/aromatic N) is 2. The Morgan fingerprint density at radius 2 is 2.11 bits per heavy atom. The minimum Gasteiger partial charge on any atom is -0.324 e. The Bertz CT molecular complexity index is 539. The maximum atomic E-state index is 6.24. The summed E-state index contributed by atoms with van der Waals surface area (Å²) in [6.45, 7) is 6.31. The molecule has 4 heteroatoms. The number of nitrogens with two attached hydrogens (primary N) is 1. The minimum absolute atomic E-state index is 0.133. The smallest absolute Gasteiger partial charge is 0.0628 e. The zero-order valence-corrected chi connectivity index (χ0v) is 12.3. The maximum Gasteiger partial charge on any atom is 0.0628 e. The van der Waals surface area contributed by atoms with Gasteiger partial charge < -0.3 is 5.73 Å². The van der Waals surface area contributed by atoms with Crippen LogP contribution in [-0.4, -0.2) is 9.78 Å². The fourth-order valence-corrected chi connectivity index (χ4v) is 3.07. The molecule has 3 nitrogen and oxygen atoms in total. The van der Waals surface area contributed by atoms with Crippen molar-refractivity contribution in [1.82, 2.24) is 9.78 Å². The highest BCUT2D eigenvalue weighted by atomic mass is 32.1. The molecule has 18 heavy (non-hydrogen) atoms. The highest BCUT2D eigenvalue weighted by Crippen LogP contribution is 2.23. The van der Waals surface area contributed by atoms with Gasteiger partial charge in [-0.05, 0) is 56.2 Å². The lowest BCUT2D eigenvalue weighted by molar-refractivity contribution is 0.649. The van der Waals surface area contributed by atoms with E-state index < -0.39 is 0 Å². The van der Waals surface area contributed by atoms with Crippen molar-refractivity contribution >= 4 is 11.3 Å². The van der Waals surface area contributed by atoms with E-state index in [1.54, 1.807) is 11.3 Å². The van der Waals surface area contributed by atoms with Crippen molar-refractivity contribution in [3.05, 3.63) is 38.8 Å². The predicted octanol–water partition coefficient (Wildman–Crippen LogP) is 3.04. The molecule has 1 atom stereocenters. The van der Waals surface area contributed by atoms with Crippen LogP contribution in [0, 0.1) is 20.8 Å². The van der Waals surface area contributed by atoms with Crippen LogP contribution >= 0.6 is 11.3 Å². The third-order valence-electron chi connectivity index (χ3n) is 3.54. The van der Waals surface area contributed by atoms with Gasteiger partial charge in [-0.25, -0.2) is 0 Å². The summed E-state index contributed by atoms with van der Waals surface area (Å²) < 4.78 is 1.95. The molecular weight excluding hydrogens is 242 g/mol. The van der Waals surface area contributed by atoms with Gasteiger partial charge in [-0.2, -0.15) is 5.10 Å². The summed E-state index contributed by atoms with van der Waals surface area (Å²) in [5, 5.41) is 6.61. The Morgan fingerprint density at radius 1 is 1.39 bits per heavy atom. The SMILES string of the molecule is Cc1cc(C(N)CCc2c(C)nn(C)c2C)cs1. The van der Waals surface area contributed by atoms with Crippen molar-refractivity contribution < 1.29 is 0 Å². The van der Waals surface area contributed by atoms with Crippen molar-refractivity contribution in [2.24, 2.45) is 12.8 Å². The van der Waals surface area contributed by atoms with Gasteiger partial charge in [-0.3, -0.25) is 4.68 Å². The van der Waals surface area contributed by atoms with E-state index >= 15 is 0 Å². The van der Waals surface area contributed by atoms with E-state index in [4.69, 9.17) is 5.73 Å². The molecule has 0 radical (unpaired) electrons. The van der Waals surface area contributed by atoms with Gasteiger partial charge in [0.2, 0.25) is 0 Å². The number of thiophene rings is 1. The lowest BCUT2D eigenvalue weighted by atomic mass is 10.0. The normalized spacial score (nSPS) is 12.9. The first kappa shape index (κ1) is 13.3. The molecule has 0 saturated carbocycles. The van der Waals surface area contributed by atoms with Gasteiger partial charge >= 0.3 is 0 Å². The Morgan fingerprint density at radius 3 is 2.61 bits per heavy atom. The summed E-state index contributed by atoms with van der Waals surface area (Å²) in [6.07, 6.45) is 1.98. The number of rotatable bonds is 4. The first-order valence-electron chi connectivity index (χ1n) is 6.28. The molecule has 0 bridgehead atoms. The zero-order chi connectivity index (χ0) is 13.3. The fraction of sp³-hybridized carbons (Fsp3) is 0.500. The van der Waals surface area contributed by atoms with Crippen molar-refractivity contribution in [2.75, 3.05) is 0 Å². The number of hydrogen-bond acceptors (Lipinski definition) is 3. The van der Waals surface area contributed by atoms with Crippen LogP contribution in [-0.2, 0) is 13.5 Å². The summed E-state index contributed by atoms with van der Waals surface area (Å²) in [4.78, 5) is 1.33. The molecule has 2 rings (SSSR count). The Kier molecular flexibility index (Phi) is 3.88. The molecule has 2 aromatic rings. The van der Waals surface area contributed by atoms with E-state index in [-0.39, 0.29) is 6.04 Å². The second-order valence-electron chi connectivity index (χ2n) is 4.91. The molecule has 98 valence electrons. The maximum absolute atomic E-state index is 6.24. The van der Waals surface area contributed by atoms with Crippen molar-refractivity contribution in [3.8, 4) is 0 Å². The summed E-state index contributed by atoms with van der Waals surface area (Å²) in [6, 6.07) is 2.33. The molecule has 0 saturated heterocycles. The third kappa shape index (κ3) is 2.65. The Hall–Kier alpha value is -1.13. The van der Waals surface area contributed by atoms with Gasteiger partial charge in [0.25, 0.3) is 0 Å². The van der Waals surface area contributed by atoms with Crippen LogP contribution in [0.2, 0.25) is 0 Å². The van der Waals surface area contributed by atoms with E-state index in [1.807, 2.05) is 11.7 Å². The third-order valence-corrected chi connectivity index (χ3v) is 4.42. The second kappa shape index (κ2) is 5.24. The molecule has 2 heterocycles. The molecule has 0 aliphatic carbocycles. The monoisotopic (exact) mass is 263 g/mol. The molecule has 0 amide bonds. The second-order valence-corrected chi connectivity index (χ2v) is 6.02. The van der Waals surface area contributed by atoms with Crippen LogP contribution in [0.4, 0.5) is 0 Å². The number of hydrogen-bond donors (Lipinski definition) is 1. The molecule has 0 aromatic carbocycles. The lowest BCUT2D eigenvalue weighted by Crippen LogP contribution is -2.10. The van der Waals surface area contributed by atoms with Gasteiger partial charge in [-0.15, -0.1) is 11.3 Å². The van der Waals surface area contributed by atoms with Crippen molar-refractivity contribution in [3.63, 3.8) is 0 Å². The molecule has 2 N–H and O–H groups in total. The molecular formula is C14H21N3S. The van der Waals surface area contributed by atoms with E-state index in [0.29, 0.717) is 0 Å². The quantitative estimate of drug-likeness (QED) is 0.921. The van der Waals surface area contributed by atoms with Gasteiger partial charge in [-0.1, -0.05) is 0 Å². The van der Waals surface area contributed by atoms with Gasteiger partial charge in [0.1, 0.15) is 0 Å². The molecule has 0 aliphatic heterocycles. The highest BCUT2D eigenvalue weighted by Gasteiger charge is 2.13. The van der Waals surface area contributed by atoms with E-state index in [9.17, 15) is 0 Å².